The molecule has 0 unspecified atom stereocenters. The lowest BCUT2D eigenvalue weighted by Gasteiger charge is -2.30. The van der Waals surface area contributed by atoms with Gasteiger partial charge in [0.25, 0.3) is 15.9 Å². The number of rotatable bonds is 7. The second-order valence-electron chi connectivity index (χ2n) is 9.20. The summed E-state index contributed by atoms with van der Waals surface area (Å²) in [6, 6.07) is 17.9. The largest absolute Gasteiger partial charge is 0.308 e. The molecule has 2 heterocycles. The number of carbonyl (C=O) groups is 1. The van der Waals surface area contributed by atoms with E-state index >= 15 is 0 Å². The molecule has 200 valence electrons. The standard InChI is InChI=1S/C27H27FN4O3S2.ClH/c1-30(2)16-17-31(27-29-23-14-11-21(28)18-25(23)36-27)26(33)20-9-12-22(13-10-20)37(34,35)32-15-5-7-19-6-3-4-8-24(19)32;/h3-4,6,8-14,18H,5,7,15-17H2,1-2H3;1H. The fourth-order valence-electron chi connectivity index (χ4n) is 4.39. The number of hydrogen-bond acceptors (Lipinski definition) is 6. The van der Waals surface area contributed by atoms with Crippen molar-refractivity contribution in [3.63, 3.8) is 0 Å². The lowest BCUT2D eigenvalue weighted by atomic mass is 10.0. The third kappa shape index (κ3) is 5.54. The summed E-state index contributed by atoms with van der Waals surface area (Å²) in [7, 11) is 0.0458. The minimum Gasteiger partial charge on any atom is -0.308 e. The van der Waals surface area contributed by atoms with E-state index in [1.54, 1.807) is 23.1 Å². The van der Waals surface area contributed by atoms with Crippen LogP contribution in [0.4, 0.5) is 15.2 Å². The van der Waals surface area contributed by atoms with Gasteiger partial charge >= 0.3 is 0 Å². The number of fused-ring (bicyclic) bond motifs is 2. The third-order valence-corrected chi connectivity index (χ3v) is 9.21. The Labute approximate surface area is 232 Å². The van der Waals surface area contributed by atoms with Crippen LogP contribution in [-0.2, 0) is 16.4 Å². The summed E-state index contributed by atoms with van der Waals surface area (Å²) in [5, 5.41) is 0.467. The molecule has 7 nitrogen and oxygen atoms in total. The van der Waals surface area contributed by atoms with Crippen molar-refractivity contribution in [3.8, 4) is 0 Å². The molecule has 1 aliphatic heterocycles. The normalized spacial score (nSPS) is 13.3. The van der Waals surface area contributed by atoms with Gasteiger partial charge in [-0.15, -0.1) is 12.4 Å². The van der Waals surface area contributed by atoms with Gasteiger partial charge in [-0.2, -0.15) is 0 Å². The average Bonchev–Trinajstić information content (AvgIpc) is 3.31. The fraction of sp³-hybridized carbons (Fsp3) is 0.259. The van der Waals surface area contributed by atoms with Crippen LogP contribution in [0.15, 0.2) is 71.6 Å². The average molecular weight is 575 g/mol. The van der Waals surface area contributed by atoms with E-state index in [1.807, 2.05) is 43.3 Å². The van der Waals surface area contributed by atoms with Crippen molar-refractivity contribution in [2.24, 2.45) is 0 Å². The van der Waals surface area contributed by atoms with Gasteiger partial charge in [-0.05, 0) is 81.0 Å². The summed E-state index contributed by atoms with van der Waals surface area (Å²) in [5.74, 6) is -0.657. The highest BCUT2D eigenvalue weighted by atomic mass is 35.5. The van der Waals surface area contributed by atoms with Crippen LogP contribution in [0.25, 0.3) is 10.2 Å². The first-order chi connectivity index (χ1) is 17.7. The first kappa shape index (κ1) is 28.0. The van der Waals surface area contributed by atoms with E-state index in [-0.39, 0.29) is 29.0 Å². The number of anilines is 2. The van der Waals surface area contributed by atoms with E-state index in [0.717, 1.165) is 18.4 Å². The summed E-state index contributed by atoms with van der Waals surface area (Å²) in [4.78, 5) is 21.8. The van der Waals surface area contributed by atoms with Gasteiger partial charge in [0.05, 0.1) is 20.8 Å². The zero-order chi connectivity index (χ0) is 26.2. The summed E-state index contributed by atoms with van der Waals surface area (Å²) in [6.45, 7) is 1.38. The van der Waals surface area contributed by atoms with E-state index in [1.165, 1.54) is 39.9 Å². The number of aryl methyl sites for hydroxylation is 1. The van der Waals surface area contributed by atoms with Gasteiger partial charge < -0.3 is 4.90 Å². The second kappa shape index (κ2) is 11.4. The SMILES string of the molecule is CN(C)CCN(C(=O)c1ccc(S(=O)(=O)N2CCCc3ccccc32)cc1)c1nc2ccc(F)cc2s1.Cl. The Morgan fingerprint density at radius 3 is 2.53 bits per heavy atom. The van der Waals surface area contributed by atoms with E-state index in [0.29, 0.717) is 46.2 Å². The molecule has 0 saturated heterocycles. The summed E-state index contributed by atoms with van der Waals surface area (Å²) in [5.41, 5.74) is 2.68. The highest BCUT2D eigenvalue weighted by Crippen LogP contribution is 2.33. The highest BCUT2D eigenvalue weighted by Gasteiger charge is 2.29. The Balaban J connectivity index is 0.00000336. The number of halogens is 2. The zero-order valence-electron chi connectivity index (χ0n) is 21.0. The number of carbonyl (C=O) groups excluding carboxylic acids is 1. The quantitative estimate of drug-likeness (QED) is 0.303. The summed E-state index contributed by atoms with van der Waals surface area (Å²) in [6.07, 6.45) is 1.59. The van der Waals surface area contributed by atoms with Crippen LogP contribution >= 0.6 is 23.7 Å². The predicted octanol–water partition coefficient (Wildman–Crippen LogP) is 5.21. The van der Waals surface area contributed by atoms with Gasteiger partial charge in [0.15, 0.2) is 5.13 Å². The number of hydrogen-bond donors (Lipinski definition) is 0. The smallest absolute Gasteiger partial charge is 0.264 e. The van der Waals surface area contributed by atoms with Crippen LogP contribution in [0.1, 0.15) is 22.3 Å². The Bertz CT molecular complexity index is 1560. The molecular weight excluding hydrogens is 547 g/mol. The molecule has 0 atom stereocenters. The Hall–Kier alpha value is -3.05. The van der Waals surface area contributed by atoms with Crippen molar-refractivity contribution in [1.82, 2.24) is 9.88 Å². The molecule has 3 aromatic carbocycles. The van der Waals surface area contributed by atoms with Crippen molar-refractivity contribution < 1.29 is 17.6 Å². The third-order valence-electron chi connectivity index (χ3n) is 6.34. The molecule has 5 rings (SSSR count). The molecule has 0 bridgehead atoms. The Morgan fingerprint density at radius 1 is 1.05 bits per heavy atom. The molecule has 38 heavy (non-hydrogen) atoms. The molecule has 1 amide bonds. The van der Waals surface area contributed by atoms with E-state index in [9.17, 15) is 17.6 Å². The van der Waals surface area contributed by atoms with Crippen LogP contribution in [0.5, 0.6) is 0 Å². The molecule has 0 aliphatic carbocycles. The lowest BCUT2D eigenvalue weighted by molar-refractivity contribution is 0.0985. The minimum absolute atomic E-state index is 0. The number of para-hydroxylation sites is 1. The van der Waals surface area contributed by atoms with Gasteiger partial charge in [-0.25, -0.2) is 17.8 Å². The van der Waals surface area contributed by atoms with Gasteiger partial charge in [0.2, 0.25) is 0 Å². The summed E-state index contributed by atoms with van der Waals surface area (Å²) >= 11 is 1.25. The number of benzene rings is 3. The number of amides is 1. The van der Waals surface area contributed by atoms with Crippen molar-refractivity contribution in [2.75, 3.05) is 42.9 Å². The van der Waals surface area contributed by atoms with Gasteiger partial charge in [0, 0.05) is 25.2 Å². The zero-order valence-corrected chi connectivity index (χ0v) is 23.5. The number of sulfonamides is 1. The molecule has 11 heteroatoms. The van der Waals surface area contributed by atoms with Gasteiger partial charge in [-0.3, -0.25) is 14.0 Å². The topological polar surface area (TPSA) is 73.8 Å². The molecule has 4 aromatic rings. The lowest BCUT2D eigenvalue weighted by Crippen LogP contribution is -2.37. The minimum atomic E-state index is -3.78. The van der Waals surface area contributed by atoms with Crippen LogP contribution in [-0.4, -0.2) is 57.9 Å². The monoisotopic (exact) mass is 574 g/mol. The van der Waals surface area contributed by atoms with E-state index < -0.39 is 10.0 Å². The summed E-state index contributed by atoms with van der Waals surface area (Å²) < 4.78 is 42.8. The molecule has 0 N–H and O–H groups in total. The van der Waals surface area contributed by atoms with Crippen LogP contribution in [0.3, 0.4) is 0 Å². The van der Waals surface area contributed by atoms with Crippen LogP contribution in [0, 0.1) is 5.82 Å². The number of thiazole rings is 1. The predicted molar refractivity (Wildman–Crippen MR) is 153 cm³/mol. The highest BCUT2D eigenvalue weighted by molar-refractivity contribution is 7.92. The molecule has 1 aromatic heterocycles. The van der Waals surface area contributed by atoms with Crippen molar-refractivity contribution in [1.29, 1.82) is 0 Å². The van der Waals surface area contributed by atoms with Crippen LogP contribution in [0.2, 0.25) is 0 Å². The van der Waals surface area contributed by atoms with Crippen LogP contribution < -0.4 is 9.21 Å². The van der Waals surface area contributed by atoms with E-state index in [2.05, 4.69) is 4.98 Å². The molecular formula is C27H28ClFN4O3S2. The fourth-order valence-corrected chi connectivity index (χ4v) is 6.94. The van der Waals surface area contributed by atoms with Gasteiger partial charge in [0.1, 0.15) is 5.82 Å². The maximum absolute atomic E-state index is 13.7. The molecule has 0 saturated carbocycles. The van der Waals surface area contributed by atoms with Crippen molar-refractivity contribution in [2.45, 2.75) is 17.7 Å². The molecule has 0 spiro atoms. The number of aromatic nitrogens is 1. The Kier molecular flexibility index (Phi) is 8.37. The van der Waals surface area contributed by atoms with Crippen molar-refractivity contribution >= 4 is 60.7 Å². The maximum Gasteiger partial charge on any atom is 0.264 e. The molecule has 0 radical (unpaired) electrons. The number of likely N-dealkylation sites (N-methyl/N-ethyl adjacent to an activating group) is 1. The molecule has 0 fully saturated rings. The molecule has 1 aliphatic rings. The van der Waals surface area contributed by atoms with Gasteiger partial charge in [-0.1, -0.05) is 29.5 Å². The Morgan fingerprint density at radius 2 is 1.79 bits per heavy atom. The van der Waals surface area contributed by atoms with Crippen molar-refractivity contribution in [3.05, 3.63) is 83.7 Å². The second-order valence-corrected chi connectivity index (χ2v) is 12.1. The first-order valence-electron chi connectivity index (χ1n) is 12.0. The first-order valence-corrected chi connectivity index (χ1v) is 14.2. The maximum atomic E-state index is 13.7. The number of nitrogens with zero attached hydrogens (tertiary/aromatic N) is 4. The van der Waals surface area contributed by atoms with E-state index in [4.69, 9.17) is 0 Å².